The Kier molecular flexibility index (Phi) is 11.8. The lowest BCUT2D eigenvalue weighted by Gasteiger charge is -2.36. The van der Waals surface area contributed by atoms with Crippen LogP contribution in [-0.4, -0.2) is 68.2 Å². The lowest BCUT2D eigenvalue weighted by molar-refractivity contribution is 0.0647. The Morgan fingerprint density at radius 3 is 2.36 bits per heavy atom. The van der Waals surface area contributed by atoms with Crippen molar-refractivity contribution in [1.29, 1.82) is 0 Å². The van der Waals surface area contributed by atoms with Gasteiger partial charge in [-0.25, -0.2) is 9.67 Å². The molecule has 0 atom stereocenters. The van der Waals surface area contributed by atoms with Gasteiger partial charge < -0.3 is 9.80 Å². The number of aromatic nitrogens is 4. The van der Waals surface area contributed by atoms with Crippen LogP contribution in [0, 0.1) is 6.92 Å². The van der Waals surface area contributed by atoms with Crippen molar-refractivity contribution >= 4 is 43.1 Å². The summed E-state index contributed by atoms with van der Waals surface area (Å²) in [5, 5.41) is 4.12. The van der Waals surface area contributed by atoms with Gasteiger partial charge in [0.05, 0.1) is 5.69 Å². The van der Waals surface area contributed by atoms with Crippen molar-refractivity contribution < 1.29 is 4.79 Å². The molecular weight excluding hydrogens is 483 g/mol. The number of amides is 1. The van der Waals surface area contributed by atoms with Crippen LogP contribution >= 0.6 is 37.2 Å². The number of carbonyl (C=O) groups excluding carboxylic acids is 1. The van der Waals surface area contributed by atoms with E-state index in [9.17, 15) is 4.79 Å². The van der Waals surface area contributed by atoms with E-state index in [2.05, 4.69) is 39.1 Å². The Hall–Kier alpha value is -2.19. The molecule has 0 saturated carbocycles. The number of pyridine rings is 1. The Morgan fingerprint density at radius 1 is 1.06 bits per heavy atom. The topological polar surface area (TPSA) is 67.2 Å². The molecule has 1 saturated heterocycles. The van der Waals surface area contributed by atoms with E-state index < -0.39 is 0 Å². The van der Waals surface area contributed by atoms with Gasteiger partial charge in [-0.1, -0.05) is 6.07 Å². The summed E-state index contributed by atoms with van der Waals surface area (Å²) >= 11 is 0. The zero-order valence-electron chi connectivity index (χ0n) is 18.8. The number of carbonyl (C=O) groups is 1. The minimum atomic E-state index is 0. The molecule has 10 heteroatoms. The van der Waals surface area contributed by atoms with E-state index in [0.717, 1.165) is 61.5 Å². The molecule has 0 N–H and O–H groups in total. The molecule has 1 amide bonds. The van der Waals surface area contributed by atoms with E-state index in [4.69, 9.17) is 0 Å². The molecule has 2 aromatic heterocycles. The van der Waals surface area contributed by atoms with Gasteiger partial charge in [-0.3, -0.25) is 9.78 Å². The molecule has 3 aromatic rings. The van der Waals surface area contributed by atoms with Crippen molar-refractivity contribution in [3.8, 4) is 5.69 Å². The highest BCUT2D eigenvalue weighted by molar-refractivity contribution is 5.94. The number of hydrogen-bond donors (Lipinski definition) is 0. The van der Waals surface area contributed by atoms with Crippen LogP contribution in [0.15, 0.2) is 55.1 Å². The summed E-state index contributed by atoms with van der Waals surface area (Å²) in [6.07, 6.45) is 6.10. The standard InChI is InChI=1S/C23H28N6O.3ClH/c1-18-4-3-5-20(26-18)10-13-27(2)21-11-14-28(15-12-21)23(30)19-6-8-22(9-7-19)29-17-24-16-25-29;;;/h3-9,16-17,21H,10-15H2,1-2H3;3*1H. The van der Waals surface area contributed by atoms with Crippen molar-refractivity contribution in [3.63, 3.8) is 0 Å². The minimum Gasteiger partial charge on any atom is -0.339 e. The first kappa shape index (κ1) is 28.8. The van der Waals surface area contributed by atoms with E-state index in [-0.39, 0.29) is 43.1 Å². The molecule has 1 aliphatic rings. The summed E-state index contributed by atoms with van der Waals surface area (Å²) in [6, 6.07) is 14.2. The van der Waals surface area contributed by atoms with Crippen LogP contribution in [0.5, 0.6) is 0 Å². The molecule has 3 heterocycles. The lowest BCUT2D eigenvalue weighted by atomic mass is 10.0. The van der Waals surface area contributed by atoms with Gasteiger partial charge in [-0.2, -0.15) is 5.10 Å². The highest BCUT2D eigenvalue weighted by Gasteiger charge is 2.25. The molecule has 7 nitrogen and oxygen atoms in total. The van der Waals surface area contributed by atoms with Gasteiger partial charge in [0.15, 0.2) is 0 Å². The molecule has 1 fully saturated rings. The largest absolute Gasteiger partial charge is 0.339 e. The van der Waals surface area contributed by atoms with Crippen molar-refractivity contribution in [1.82, 2.24) is 29.5 Å². The third-order valence-electron chi connectivity index (χ3n) is 5.84. The molecule has 33 heavy (non-hydrogen) atoms. The quantitative estimate of drug-likeness (QED) is 0.498. The second-order valence-electron chi connectivity index (χ2n) is 7.91. The first-order valence-electron chi connectivity index (χ1n) is 10.5. The summed E-state index contributed by atoms with van der Waals surface area (Å²) in [4.78, 5) is 25.8. The highest BCUT2D eigenvalue weighted by atomic mass is 35.5. The molecular formula is C23H31Cl3N6O. The number of hydrogen-bond acceptors (Lipinski definition) is 5. The zero-order chi connectivity index (χ0) is 20.9. The summed E-state index contributed by atoms with van der Waals surface area (Å²) in [5.74, 6) is 0.102. The van der Waals surface area contributed by atoms with Crippen LogP contribution in [0.4, 0.5) is 0 Å². The Balaban J connectivity index is 0.00000181. The SMILES string of the molecule is Cc1cccc(CCN(C)C2CCN(C(=O)c3ccc(-n4cncn4)cc3)CC2)n1.Cl.Cl.Cl. The second-order valence-corrected chi connectivity index (χ2v) is 7.91. The number of rotatable bonds is 6. The highest BCUT2D eigenvalue weighted by Crippen LogP contribution is 2.19. The molecule has 0 radical (unpaired) electrons. The summed E-state index contributed by atoms with van der Waals surface area (Å²) in [5.41, 5.74) is 3.82. The first-order valence-corrected chi connectivity index (χ1v) is 10.5. The minimum absolute atomic E-state index is 0. The van der Waals surface area contributed by atoms with E-state index >= 15 is 0 Å². The zero-order valence-corrected chi connectivity index (χ0v) is 21.3. The number of benzene rings is 1. The van der Waals surface area contributed by atoms with Crippen molar-refractivity contribution in [2.24, 2.45) is 0 Å². The molecule has 4 rings (SSSR count). The van der Waals surface area contributed by atoms with Crippen LogP contribution < -0.4 is 0 Å². The maximum Gasteiger partial charge on any atom is 0.253 e. The number of nitrogens with zero attached hydrogens (tertiary/aromatic N) is 6. The van der Waals surface area contributed by atoms with E-state index in [0.29, 0.717) is 6.04 Å². The predicted molar refractivity (Wildman–Crippen MR) is 137 cm³/mol. The van der Waals surface area contributed by atoms with Gasteiger partial charge in [0.25, 0.3) is 5.91 Å². The summed E-state index contributed by atoms with van der Waals surface area (Å²) in [7, 11) is 2.18. The van der Waals surface area contributed by atoms with Crippen molar-refractivity contribution in [3.05, 3.63) is 72.1 Å². The number of piperidine rings is 1. The molecule has 1 aromatic carbocycles. The van der Waals surface area contributed by atoms with Crippen LogP contribution in [-0.2, 0) is 6.42 Å². The number of likely N-dealkylation sites (tertiary alicyclic amines) is 1. The average molecular weight is 514 g/mol. The average Bonchev–Trinajstić information content (AvgIpc) is 3.32. The smallest absolute Gasteiger partial charge is 0.253 e. The fourth-order valence-electron chi connectivity index (χ4n) is 4.00. The second kappa shape index (κ2) is 13.5. The molecule has 1 aliphatic heterocycles. The molecule has 0 spiro atoms. The Morgan fingerprint density at radius 2 is 1.76 bits per heavy atom. The van der Waals surface area contributed by atoms with Crippen LogP contribution in [0.3, 0.4) is 0 Å². The fourth-order valence-corrected chi connectivity index (χ4v) is 4.00. The predicted octanol–water partition coefficient (Wildman–Crippen LogP) is 4.02. The van der Waals surface area contributed by atoms with E-state index in [1.54, 1.807) is 11.0 Å². The third kappa shape index (κ3) is 7.40. The van der Waals surface area contributed by atoms with Crippen LogP contribution in [0.2, 0.25) is 0 Å². The molecule has 0 bridgehead atoms. The fraction of sp³-hybridized carbons (Fsp3) is 0.391. The summed E-state index contributed by atoms with van der Waals surface area (Å²) in [6.45, 7) is 4.60. The lowest BCUT2D eigenvalue weighted by Crippen LogP contribution is -2.46. The maximum absolute atomic E-state index is 12.9. The number of halogens is 3. The number of likely N-dealkylation sites (N-methyl/N-ethyl adjacent to an activating group) is 1. The van der Waals surface area contributed by atoms with Gasteiger partial charge in [-0.05, 0) is 63.2 Å². The van der Waals surface area contributed by atoms with Gasteiger partial charge in [0.2, 0.25) is 0 Å². The third-order valence-corrected chi connectivity index (χ3v) is 5.84. The summed E-state index contributed by atoms with van der Waals surface area (Å²) < 4.78 is 1.68. The Bertz CT molecular complexity index is 976. The van der Waals surface area contributed by atoms with Gasteiger partial charge >= 0.3 is 0 Å². The molecule has 0 unspecified atom stereocenters. The normalized spacial score (nSPS) is 13.6. The van der Waals surface area contributed by atoms with Gasteiger partial charge in [-0.15, -0.1) is 37.2 Å². The monoisotopic (exact) mass is 512 g/mol. The van der Waals surface area contributed by atoms with E-state index in [1.807, 2.05) is 42.2 Å². The van der Waals surface area contributed by atoms with Crippen molar-refractivity contribution in [2.45, 2.75) is 32.2 Å². The molecule has 180 valence electrons. The Labute approximate surface area is 213 Å². The van der Waals surface area contributed by atoms with Gasteiger partial charge in [0, 0.05) is 49.0 Å². The maximum atomic E-state index is 12.9. The first-order chi connectivity index (χ1) is 14.6. The number of aryl methyl sites for hydroxylation is 1. The van der Waals surface area contributed by atoms with Gasteiger partial charge in [0.1, 0.15) is 12.7 Å². The van der Waals surface area contributed by atoms with Crippen molar-refractivity contribution in [2.75, 3.05) is 26.7 Å². The van der Waals surface area contributed by atoms with Crippen LogP contribution in [0.25, 0.3) is 5.69 Å². The van der Waals surface area contributed by atoms with E-state index in [1.165, 1.54) is 6.33 Å². The molecule has 0 aliphatic carbocycles. The van der Waals surface area contributed by atoms with Crippen LogP contribution in [0.1, 0.15) is 34.6 Å².